The summed E-state index contributed by atoms with van der Waals surface area (Å²) in [6.07, 6.45) is 1.70. The van der Waals surface area contributed by atoms with Crippen molar-refractivity contribution < 1.29 is 37.8 Å². The lowest BCUT2D eigenvalue weighted by Gasteiger charge is -2.35. The van der Waals surface area contributed by atoms with Gasteiger partial charge in [-0.15, -0.1) is 0 Å². The highest BCUT2D eigenvalue weighted by molar-refractivity contribution is 6.03. The Labute approximate surface area is 302 Å². The Balaban J connectivity index is 1.71. The SMILES string of the molecule is CC(C)(C)C(=O)Oc1cc(-c2oc3ccccc3c(=O)c2C(=O)N2CCN(c3ccccn3)CC2)cc(OC(=O)C(C)(C)C)c1OC(=O)C(C)(C)C. The average Bonchev–Trinajstić information content (AvgIpc) is 3.08. The van der Waals surface area contributed by atoms with Crippen LogP contribution in [0.25, 0.3) is 22.3 Å². The Morgan fingerprint density at radius 3 is 1.73 bits per heavy atom. The molecule has 0 radical (unpaired) electrons. The molecule has 1 saturated heterocycles. The van der Waals surface area contributed by atoms with E-state index in [0.717, 1.165) is 5.82 Å². The smallest absolute Gasteiger partial charge is 0.316 e. The molecule has 1 aliphatic rings. The molecule has 3 heterocycles. The maximum absolute atomic E-state index is 14.4. The molecule has 2 aromatic carbocycles. The fourth-order valence-electron chi connectivity index (χ4n) is 5.09. The van der Waals surface area contributed by atoms with Gasteiger partial charge in [-0.05, 0) is 98.7 Å². The molecule has 12 heteroatoms. The molecule has 12 nitrogen and oxygen atoms in total. The van der Waals surface area contributed by atoms with E-state index in [-0.39, 0.29) is 45.1 Å². The van der Waals surface area contributed by atoms with Crippen molar-refractivity contribution in [1.82, 2.24) is 9.88 Å². The Kier molecular flexibility index (Phi) is 10.3. The second-order valence-corrected chi connectivity index (χ2v) is 15.8. The molecule has 274 valence electrons. The Morgan fingerprint density at radius 1 is 0.692 bits per heavy atom. The van der Waals surface area contributed by atoms with Gasteiger partial charge in [0.05, 0.1) is 21.6 Å². The predicted octanol–water partition coefficient (Wildman–Crippen LogP) is 6.67. The molecule has 0 N–H and O–H groups in total. The van der Waals surface area contributed by atoms with Crippen LogP contribution in [-0.2, 0) is 14.4 Å². The van der Waals surface area contributed by atoms with E-state index >= 15 is 0 Å². The zero-order chi connectivity index (χ0) is 38.2. The number of hydrogen-bond donors (Lipinski definition) is 0. The van der Waals surface area contributed by atoms with Gasteiger partial charge >= 0.3 is 17.9 Å². The van der Waals surface area contributed by atoms with Crippen LogP contribution in [0.3, 0.4) is 0 Å². The first-order chi connectivity index (χ1) is 24.3. The molecule has 5 rings (SSSR count). The number of esters is 3. The van der Waals surface area contributed by atoms with Gasteiger partial charge in [0.15, 0.2) is 17.3 Å². The minimum Gasteiger partial charge on any atom is -0.455 e. The van der Waals surface area contributed by atoms with Crippen molar-refractivity contribution in [1.29, 1.82) is 0 Å². The summed E-state index contributed by atoms with van der Waals surface area (Å²) >= 11 is 0. The second kappa shape index (κ2) is 14.2. The summed E-state index contributed by atoms with van der Waals surface area (Å²) in [5.74, 6) is -2.87. The Morgan fingerprint density at radius 2 is 1.21 bits per heavy atom. The molecule has 0 saturated carbocycles. The molecular weight excluding hydrogens is 666 g/mol. The maximum Gasteiger partial charge on any atom is 0.316 e. The maximum atomic E-state index is 14.4. The van der Waals surface area contributed by atoms with Crippen LogP contribution in [0.4, 0.5) is 5.82 Å². The summed E-state index contributed by atoms with van der Waals surface area (Å²) in [6, 6.07) is 14.8. The van der Waals surface area contributed by atoms with E-state index in [1.807, 2.05) is 18.2 Å². The van der Waals surface area contributed by atoms with Crippen LogP contribution in [0, 0.1) is 16.2 Å². The quantitative estimate of drug-likeness (QED) is 0.156. The molecular formula is C40H45N3O9. The normalized spacial score (nSPS) is 13.9. The number of carbonyl (C=O) groups excluding carboxylic acids is 4. The fourth-order valence-corrected chi connectivity index (χ4v) is 5.09. The van der Waals surface area contributed by atoms with Crippen molar-refractivity contribution >= 4 is 40.6 Å². The first-order valence-electron chi connectivity index (χ1n) is 17.1. The minimum atomic E-state index is -1.00. The van der Waals surface area contributed by atoms with E-state index in [1.54, 1.807) is 97.7 Å². The van der Waals surface area contributed by atoms with Crippen LogP contribution < -0.4 is 24.5 Å². The molecule has 0 spiro atoms. The third-order valence-electron chi connectivity index (χ3n) is 8.27. The van der Waals surface area contributed by atoms with E-state index in [9.17, 15) is 24.0 Å². The van der Waals surface area contributed by atoms with E-state index in [4.69, 9.17) is 18.6 Å². The summed E-state index contributed by atoms with van der Waals surface area (Å²) in [6.45, 7) is 16.4. The number of para-hydroxylation sites is 1. The number of fused-ring (bicyclic) bond motifs is 1. The first kappa shape index (κ1) is 37.7. The lowest BCUT2D eigenvalue weighted by atomic mass is 9.96. The zero-order valence-electron chi connectivity index (χ0n) is 31.1. The van der Waals surface area contributed by atoms with E-state index < -0.39 is 45.5 Å². The Hall–Kier alpha value is -5.52. The average molecular weight is 712 g/mol. The summed E-state index contributed by atoms with van der Waals surface area (Å²) in [5, 5.41) is 0.191. The molecule has 4 aromatic rings. The van der Waals surface area contributed by atoms with Crippen LogP contribution in [-0.4, -0.2) is 59.9 Å². The van der Waals surface area contributed by atoms with Gasteiger partial charge < -0.3 is 28.4 Å². The largest absolute Gasteiger partial charge is 0.455 e. The topological polar surface area (TPSA) is 146 Å². The molecule has 0 atom stereocenters. The van der Waals surface area contributed by atoms with Gasteiger partial charge in [-0.2, -0.15) is 0 Å². The summed E-state index contributed by atoms with van der Waals surface area (Å²) in [4.78, 5) is 76.6. The molecule has 52 heavy (non-hydrogen) atoms. The Bertz CT molecular complexity index is 2030. The van der Waals surface area contributed by atoms with Crippen LogP contribution in [0.5, 0.6) is 17.2 Å². The van der Waals surface area contributed by atoms with Crippen LogP contribution in [0.15, 0.2) is 70.0 Å². The number of amides is 1. The molecule has 1 amide bonds. The number of nitrogens with zero attached hydrogens (tertiary/aromatic N) is 3. The van der Waals surface area contributed by atoms with Crippen LogP contribution in [0.2, 0.25) is 0 Å². The van der Waals surface area contributed by atoms with Gasteiger partial charge in [0.25, 0.3) is 5.91 Å². The number of pyridine rings is 1. The lowest BCUT2D eigenvalue weighted by Crippen LogP contribution is -2.49. The predicted molar refractivity (Wildman–Crippen MR) is 196 cm³/mol. The van der Waals surface area contributed by atoms with Gasteiger partial charge in [0, 0.05) is 37.9 Å². The molecule has 0 aliphatic carbocycles. The molecule has 1 fully saturated rings. The lowest BCUT2D eigenvalue weighted by molar-refractivity contribution is -0.146. The van der Waals surface area contributed by atoms with Crippen molar-refractivity contribution in [2.45, 2.75) is 62.3 Å². The second-order valence-electron chi connectivity index (χ2n) is 15.8. The van der Waals surface area contributed by atoms with Crippen molar-refractivity contribution in [3.05, 3.63) is 76.6 Å². The molecule has 0 unspecified atom stereocenters. The number of hydrogen-bond acceptors (Lipinski definition) is 11. The number of carbonyl (C=O) groups is 4. The van der Waals surface area contributed by atoms with Crippen LogP contribution >= 0.6 is 0 Å². The number of benzene rings is 2. The molecule has 0 bridgehead atoms. The van der Waals surface area contributed by atoms with Crippen LogP contribution in [0.1, 0.15) is 72.7 Å². The minimum absolute atomic E-state index is 0.0716. The fraction of sp³-hybridized carbons (Fsp3) is 0.400. The third-order valence-corrected chi connectivity index (χ3v) is 8.27. The van der Waals surface area contributed by atoms with E-state index in [1.165, 1.54) is 12.1 Å². The number of aromatic nitrogens is 1. The van der Waals surface area contributed by atoms with Gasteiger partial charge in [-0.3, -0.25) is 24.0 Å². The first-order valence-corrected chi connectivity index (χ1v) is 17.1. The number of rotatable bonds is 6. The standard InChI is InChI=1S/C40H45N3O9/c1-38(2,3)35(46)50-27-22-24(23-28(51-36(47)39(4,5)6)33(27)52-37(48)40(7,8)9)32-30(31(44)25-14-10-11-15-26(25)49-32)34(45)43-20-18-42(19-21-43)29-16-12-13-17-41-29/h10-17,22-23H,18-21H2,1-9H3. The molecule has 1 aliphatic heterocycles. The summed E-state index contributed by atoms with van der Waals surface area (Å²) in [7, 11) is 0. The highest BCUT2D eigenvalue weighted by Gasteiger charge is 2.35. The monoisotopic (exact) mass is 711 g/mol. The number of anilines is 1. The summed E-state index contributed by atoms with van der Waals surface area (Å²) in [5.41, 5.74) is -3.56. The van der Waals surface area contributed by atoms with Gasteiger partial charge in [-0.25, -0.2) is 4.98 Å². The van der Waals surface area contributed by atoms with Crippen molar-refractivity contribution in [3.8, 4) is 28.6 Å². The van der Waals surface area contributed by atoms with Crippen molar-refractivity contribution in [2.75, 3.05) is 31.1 Å². The van der Waals surface area contributed by atoms with E-state index in [0.29, 0.717) is 26.2 Å². The zero-order valence-corrected chi connectivity index (χ0v) is 31.1. The van der Waals surface area contributed by atoms with Crippen molar-refractivity contribution in [3.63, 3.8) is 0 Å². The number of ether oxygens (including phenoxy) is 3. The number of piperazine rings is 1. The van der Waals surface area contributed by atoms with Gasteiger partial charge in [0.1, 0.15) is 17.0 Å². The highest BCUT2D eigenvalue weighted by atomic mass is 16.6. The van der Waals surface area contributed by atoms with Crippen molar-refractivity contribution in [2.24, 2.45) is 16.2 Å². The highest BCUT2D eigenvalue weighted by Crippen LogP contribution is 2.45. The molecule has 2 aromatic heterocycles. The van der Waals surface area contributed by atoms with Gasteiger partial charge in [0.2, 0.25) is 11.2 Å². The van der Waals surface area contributed by atoms with Gasteiger partial charge in [-0.1, -0.05) is 18.2 Å². The third kappa shape index (κ3) is 8.17. The summed E-state index contributed by atoms with van der Waals surface area (Å²) < 4.78 is 23.8. The van der Waals surface area contributed by atoms with E-state index in [2.05, 4.69) is 9.88 Å².